The fourth-order valence-electron chi connectivity index (χ4n) is 2.54. The third kappa shape index (κ3) is 3.60. The first-order valence-corrected chi connectivity index (χ1v) is 7.21. The monoisotopic (exact) mass is 263 g/mol. The van der Waals surface area contributed by atoms with Crippen molar-refractivity contribution < 1.29 is 4.74 Å². The topological polar surface area (TPSA) is 37.4 Å². The number of methoxy groups -OCH3 is 1. The minimum Gasteiger partial charge on any atom is -0.384 e. The predicted octanol–water partition coefficient (Wildman–Crippen LogP) is 2.76. The number of hydrogen-bond acceptors (Lipinski definition) is 4. The highest BCUT2D eigenvalue weighted by atomic mass is 16.5. The minimum absolute atomic E-state index is 0.320. The van der Waals surface area contributed by atoms with Crippen LogP contribution in [0, 0.1) is 5.92 Å². The number of pyridine rings is 1. The Morgan fingerprint density at radius 3 is 3.05 bits per heavy atom. The van der Waals surface area contributed by atoms with E-state index in [1.165, 1.54) is 12.1 Å². The molecule has 1 saturated heterocycles. The summed E-state index contributed by atoms with van der Waals surface area (Å²) in [5.41, 5.74) is 2.29. The van der Waals surface area contributed by atoms with Gasteiger partial charge in [0.2, 0.25) is 0 Å². The van der Waals surface area contributed by atoms with Crippen molar-refractivity contribution in [3.05, 3.63) is 18.5 Å². The zero-order valence-electron chi connectivity index (χ0n) is 12.2. The Labute approximate surface area is 116 Å². The molecule has 0 amide bonds. The molecule has 1 N–H and O–H groups in total. The second kappa shape index (κ2) is 6.75. The van der Waals surface area contributed by atoms with Gasteiger partial charge in [0.15, 0.2) is 0 Å². The molecule has 2 heterocycles. The van der Waals surface area contributed by atoms with Crippen molar-refractivity contribution in [2.45, 2.75) is 32.8 Å². The molecule has 0 bridgehead atoms. The van der Waals surface area contributed by atoms with Gasteiger partial charge in [-0.25, -0.2) is 0 Å². The maximum Gasteiger partial charge on any atom is 0.0772 e. The molecule has 2 unspecified atom stereocenters. The van der Waals surface area contributed by atoms with Gasteiger partial charge in [-0.1, -0.05) is 13.8 Å². The summed E-state index contributed by atoms with van der Waals surface area (Å²) in [6.45, 7) is 7.46. The SMILES string of the molecule is CCCNc1cncc(N2CCC(C)C(OC)C2)c1. The Morgan fingerprint density at radius 1 is 1.47 bits per heavy atom. The lowest BCUT2D eigenvalue weighted by atomic mass is 9.95. The lowest BCUT2D eigenvalue weighted by molar-refractivity contribution is 0.0498. The first-order chi connectivity index (χ1) is 9.24. The molecule has 0 saturated carbocycles. The van der Waals surface area contributed by atoms with Gasteiger partial charge in [0, 0.05) is 26.7 Å². The van der Waals surface area contributed by atoms with Gasteiger partial charge < -0.3 is 15.0 Å². The molecule has 19 heavy (non-hydrogen) atoms. The van der Waals surface area contributed by atoms with E-state index in [1.807, 2.05) is 19.5 Å². The molecule has 0 aliphatic carbocycles. The first-order valence-electron chi connectivity index (χ1n) is 7.21. The molecule has 1 aliphatic rings. The zero-order chi connectivity index (χ0) is 13.7. The average molecular weight is 263 g/mol. The van der Waals surface area contributed by atoms with Crippen LogP contribution in [0.3, 0.4) is 0 Å². The Balaban J connectivity index is 2.04. The van der Waals surface area contributed by atoms with Crippen molar-refractivity contribution in [3.63, 3.8) is 0 Å². The van der Waals surface area contributed by atoms with E-state index < -0.39 is 0 Å². The van der Waals surface area contributed by atoms with Crippen LogP contribution in [-0.2, 0) is 4.74 Å². The summed E-state index contributed by atoms with van der Waals surface area (Å²) in [6, 6.07) is 2.19. The molecule has 0 radical (unpaired) electrons. The molecular formula is C15H25N3O. The lowest BCUT2D eigenvalue weighted by Gasteiger charge is -2.37. The van der Waals surface area contributed by atoms with E-state index in [4.69, 9.17) is 4.74 Å². The van der Waals surface area contributed by atoms with Gasteiger partial charge in [-0.3, -0.25) is 4.98 Å². The predicted molar refractivity (Wildman–Crippen MR) is 79.8 cm³/mol. The zero-order valence-corrected chi connectivity index (χ0v) is 12.2. The van der Waals surface area contributed by atoms with Crippen LogP contribution in [-0.4, -0.2) is 37.8 Å². The van der Waals surface area contributed by atoms with Gasteiger partial charge in [-0.15, -0.1) is 0 Å². The number of nitrogens with one attached hydrogen (secondary N) is 1. The van der Waals surface area contributed by atoms with Crippen molar-refractivity contribution in [2.24, 2.45) is 5.92 Å². The van der Waals surface area contributed by atoms with Gasteiger partial charge in [0.1, 0.15) is 0 Å². The summed E-state index contributed by atoms with van der Waals surface area (Å²) >= 11 is 0. The summed E-state index contributed by atoms with van der Waals surface area (Å²) in [6.07, 6.45) is 6.45. The van der Waals surface area contributed by atoms with Crippen LogP contribution in [0.2, 0.25) is 0 Å². The van der Waals surface area contributed by atoms with E-state index in [0.717, 1.165) is 31.7 Å². The minimum atomic E-state index is 0.320. The third-order valence-corrected chi connectivity index (χ3v) is 3.86. The van der Waals surface area contributed by atoms with E-state index in [-0.39, 0.29) is 0 Å². The second-order valence-electron chi connectivity index (χ2n) is 5.34. The molecule has 0 aromatic carbocycles. The highest BCUT2D eigenvalue weighted by molar-refractivity contribution is 5.55. The second-order valence-corrected chi connectivity index (χ2v) is 5.34. The molecule has 1 aromatic heterocycles. The largest absolute Gasteiger partial charge is 0.384 e. The van der Waals surface area contributed by atoms with E-state index in [2.05, 4.69) is 35.1 Å². The standard InChI is InChI=1S/C15H25N3O/c1-4-6-17-13-8-14(10-16-9-13)18-7-5-12(2)15(11-18)19-3/h8-10,12,15,17H,4-7,11H2,1-3H3. The van der Waals surface area contributed by atoms with Gasteiger partial charge in [-0.05, 0) is 24.8 Å². The molecule has 2 rings (SSSR count). The quantitative estimate of drug-likeness (QED) is 0.886. The van der Waals surface area contributed by atoms with E-state index in [0.29, 0.717) is 12.0 Å². The maximum atomic E-state index is 5.57. The fourth-order valence-corrected chi connectivity index (χ4v) is 2.54. The summed E-state index contributed by atoms with van der Waals surface area (Å²) in [7, 11) is 1.81. The van der Waals surface area contributed by atoms with Crippen molar-refractivity contribution in [2.75, 3.05) is 37.0 Å². The van der Waals surface area contributed by atoms with Crippen molar-refractivity contribution in [1.82, 2.24) is 4.98 Å². The smallest absolute Gasteiger partial charge is 0.0772 e. The molecule has 1 aliphatic heterocycles. The van der Waals surface area contributed by atoms with E-state index in [1.54, 1.807) is 0 Å². The molecule has 4 nitrogen and oxygen atoms in total. The summed E-state index contributed by atoms with van der Waals surface area (Å²) < 4.78 is 5.57. The van der Waals surface area contributed by atoms with Crippen LogP contribution in [0.15, 0.2) is 18.5 Å². The Hall–Kier alpha value is -1.29. The lowest BCUT2D eigenvalue weighted by Crippen LogP contribution is -2.44. The Kier molecular flexibility index (Phi) is 5.02. The summed E-state index contributed by atoms with van der Waals surface area (Å²) in [5.74, 6) is 0.635. The first kappa shape index (κ1) is 14.1. The number of piperidine rings is 1. The molecule has 1 aromatic rings. The van der Waals surface area contributed by atoms with Crippen LogP contribution in [0.5, 0.6) is 0 Å². The average Bonchev–Trinajstić information content (AvgIpc) is 2.46. The van der Waals surface area contributed by atoms with Gasteiger partial charge in [0.25, 0.3) is 0 Å². The van der Waals surface area contributed by atoms with Crippen molar-refractivity contribution in [3.8, 4) is 0 Å². The van der Waals surface area contributed by atoms with Gasteiger partial charge in [-0.2, -0.15) is 0 Å². The van der Waals surface area contributed by atoms with Crippen LogP contribution < -0.4 is 10.2 Å². The van der Waals surface area contributed by atoms with Crippen molar-refractivity contribution in [1.29, 1.82) is 0 Å². The Morgan fingerprint density at radius 2 is 2.32 bits per heavy atom. The molecular weight excluding hydrogens is 238 g/mol. The van der Waals surface area contributed by atoms with Gasteiger partial charge in [0.05, 0.1) is 29.9 Å². The van der Waals surface area contributed by atoms with Crippen LogP contribution in [0.4, 0.5) is 11.4 Å². The maximum absolute atomic E-state index is 5.57. The third-order valence-electron chi connectivity index (χ3n) is 3.86. The van der Waals surface area contributed by atoms with Crippen molar-refractivity contribution >= 4 is 11.4 Å². The number of aromatic nitrogens is 1. The van der Waals surface area contributed by atoms with E-state index in [9.17, 15) is 0 Å². The number of hydrogen-bond donors (Lipinski definition) is 1. The number of anilines is 2. The van der Waals surface area contributed by atoms with Gasteiger partial charge >= 0.3 is 0 Å². The van der Waals surface area contributed by atoms with Crippen LogP contribution >= 0.6 is 0 Å². The number of ether oxygens (including phenoxy) is 1. The number of rotatable bonds is 5. The highest BCUT2D eigenvalue weighted by Crippen LogP contribution is 2.25. The van der Waals surface area contributed by atoms with Crippen LogP contribution in [0.1, 0.15) is 26.7 Å². The molecule has 1 fully saturated rings. The molecule has 2 atom stereocenters. The van der Waals surface area contributed by atoms with Crippen LogP contribution in [0.25, 0.3) is 0 Å². The highest BCUT2D eigenvalue weighted by Gasteiger charge is 2.26. The fraction of sp³-hybridized carbons (Fsp3) is 0.667. The summed E-state index contributed by atoms with van der Waals surface area (Å²) in [5, 5.41) is 3.39. The molecule has 4 heteroatoms. The normalized spacial score (nSPS) is 23.4. The summed E-state index contributed by atoms with van der Waals surface area (Å²) in [4.78, 5) is 6.71. The molecule has 106 valence electrons. The molecule has 0 spiro atoms. The number of nitrogens with zero attached hydrogens (tertiary/aromatic N) is 2. The van der Waals surface area contributed by atoms with E-state index >= 15 is 0 Å². The Bertz CT molecular complexity index is 397.